The number of carbonyl (C=O) groups excluding carboxylic acids is 1. The van der Waals surface area contributed by atoms with Crippen LogP contribution in [0.4, 0.5) is 0 Å². The monoisotopic (exact) mass is 187 g/mol. The molecular weight excluding hydrogens is 166 g/mol. The highest BCUT2D eigenvalue weighted by Gasteiger charge is 2.23. The van der Waals surface area contributed by atoms with Crippen LogP contribution in [0.1, 0.15) is 34.1 Å². The van der Waals surface area contributed by atoms with E-state index in [4.69, 9.17) is 4.74 Å². The van der Waals surface area contributed by atoms with E-state index in [0.29, 0.717) is 5.92 Å². The Labute approximate surface area is 80.8 Å². The lowest BCUT2D eigenvalue weighted by Gasteiger charge is -2.28. The summed E-state index contributed by atoms with van der Waals surface area (Å²) in [6, 6.07) is 0.127. The summed E-state index contributed by atoms with van der Waals surface area (Å²) in [6.45, 7) is 7.78. The van der Waals surface area contributed by atoms with Crippen molar-refractivity contribution in [3.63, 3.8) is 0 Å². The fraction of sp³-hybridized carbons (Fsp3) is 0.900. The molecule has 0 rings (SSSR count). The molecule has 0 heterocycles. The maximum atomic E-state index is 10.9. The zero-order valence-electron chi connectivity index (χ0n) is 9.26. The highest BCUT2D eigenvalue weighted by atomic mass is 16.5. The van der Waals surface area contributed by atoms with Gasteiger partial charge in [0.15, 0.2) is 0 Å². The highest BCUT2D eigenvalue weighted by molar-refractivity contribution is 5.73. The third-order valence-corrected chi connectivity index (χ3v) is 2.15. The number of rotatable bonds is 5. The van der Waals surface area contributed by atoms with Crippen molar-refractivity contribution < 1.29 is 9.53 Å². The molecule has 0 aliphatic carbocycles. The predicted molar refractivity (Wildman–Crippen MR) is 53.5 cm³/mol. The first-order chi connectivity index (χ1) is 6.02. The molecule has 0 aromatic carbocycles. The van der Waals surface area contributed by atoms with E-state index in [1.54, 1.807) is 7.11 Å². The molecule has 0 saturated heterocycles. The van der Waals surface area contributed by atoms with Crippen LogP contribution in [0.15, 0.2) is 0 Å². The largest absolute Gasteiger partial charge is 0.379 e. The van der Waals surface area contributed by atoms with E-state index in [1.165, 1.54) is 6.92 Å². The molecule has 1 N–H and O–H groups in total. The Morgan fingerprint density at radius 2 is 2.00 bits per heavy atom. The summed E-state index contributed by atoms with van der Waals surface area (Å²) in [4.78, 5) is 10.9. The lowest BCUT2D eigenvalue weighted by molar-refractivity contribution is -0.121. The molecule has 0 aliphatic rings. The van der Waals surface area contributed by atoms with Crippen LogP contribution in [0.2, 0.25) is 0 Å². The molecule has 1 amide bonds. The first-order valence-corrected chi connectivity index (χ1v) is 4.82. The second-order valence-corrected chi connectivity index (χ2v) is 3.66. The van der Waals surface area contributed by atoms with Crippen LogP contribution >= 0.6 is 0 Å². The van der Waals surface area contributed by atoms with E-state index >= 15 is 0 Å². The summed E-state index contributed by atoms with van der Waals surface area (Å²) >= 11 is 0. The maximum Gasteiger partial charge on any atom is 0.217 e. The third kappa shape index (κ3) is 4.27. The van der Waals surface area contributed by atoms with Crippen molar-refractivity contribution >= 4 is 5.91 Å². The van der Waals surface area contributed by atoms with Crippen molar-refractivity contribution in [2.45, 2.75) is 46.3 Å². The van der Waals surface area contributed by atoms with Crippen LogP contribution in [0.5, 0.6) is 0 Å². The molecule has 0 unspecified atom stereocenters. The summed E-state index contributed by atoms with van der Waals surface area (Å²) in [7, 11) is 1.69. The molecule has 0 aromatic rings. The molecule has 0 radical (unpaired) electrons. The van der Waals surface area contributed by atoms with E-state index in [9.17, 15) is 4.79 Å². The molecule has 0 aromatic heterocycles. The van der Waals surface area contributed by atoms with Gasteiger partial charge >= 0.3 is 0 Å². The maximum absolute atomic E-state index is 10.9. The van der Waals surface area contributed by atoms with Gasteiger partial charge < -0.3 is 10.1 Å². The first kappa shape index (κ1) is 12.4. The van der Waals surface area contributed by atoms with E-state index in [2.05, 4.69) is 26.1 Å². The quantitative estimate of drug-likeness (QED) is 0.709. The van der Waals surface area contributed by atoms with Crippen molar-refractivity contribution in [1.29, 1.82) is 0 Å². The molecule has 3 heteroatoms. The SMILES string of the molecule is CC[C@@H](NC(C)=O)[C@H](OC)C(C)C. The molecule has 2 atom stereocenters. The zero-order valence-corrected chi connectivity index (χ0v) is 9.26. The molecule has 0 spiro atoms. The third-order valence-electron chi connectivity index (χ3n) is 2.15. The average Bonchev–Trinajstić information content (AvgIpc) is 2.02. The van der Waals surface area contributed by atoms with Gasteiger partial charge in [-0.25, -0.2) is 0 Å². The van der Waals surface area contributed by atoms with Gasteiger partial charge in [-0.05, 0) is 12.3 Å². The summed E-state index contributed by atoms with van der Waals surface area (Å²) in [5, 5.41) is 2.90. The number of methoxy groups -OCH3 is 1. The smallest absolute Gasteiger partial charge is 0.217 e. The number of carbonyl (C=O) groups is 1. The van der Waals surface area contributed by atoms with Crippen LogP contribution in [0, 0.1) is 5.92 Å². The summed E-state index contributed by atoms with van der Waals surface area (Å²) in [5.41, 5.74) is 0. The van der Waals surface area contributed by atoms with Gasteiger partial charge in [0.1, 0.15) is 0 Å². The van der Waals surface area contributed by atoms with Crippen molar-refractivity contribution in [2.75, 3.05) is 7.11 Å². The van der Waals surface area contributed by atoms with Crippen LogP contribution in [-0.4, -0.2) is 25.2 Å². The fourth-order valence-electron chi connectivity index (χ4n) is 1.58. The van der Waals surface area contributed by atoms with Crippen molar-refractivity contribution in [3.8, 4) is 0 Å². The predicted octanol–water partition coefficient (Wildman–Crippen LogP) is 1.57. The topological polar surface area (TPSA) is 38.3 Å². The minimum absolute atomic E-state index is 0.00884. The second-order valence-electron chi connectivity index (χ2n) is 3.66. The van der Waals surface area contributed by atoms with Crippen LogP contribution < -0.4 is 5.32 Å². The lowest BCUT2D eigenvalue weighted by atomic mass is 9.97. The molecule has 13 heavy (non-hydrogen) atoms. The lowest BCUT2D eigenvalue weighted by Crippen LogP contribution is -2.45. The first-order valence-electron chi connectivity index (χ1n) is 4.82. The molecule has 0 fully saturated rings. The number of ether oxygens (including phenoxy) is 1. The Hall–Kier alpha value is -0.570. The Kier molecular flexibility index (Phi) is 5.71. The van der Waals surface area contributed by atoms with Crippen LogP contribution in [-0.2, 0) is 9.53 Å². The molecule has 0 saturated carbocycles. The van der Waals surface area contributed by atoms with E-state index < -0.39 is 0 Å². The molecule has 0 bridgehead atoms. The van der Waals surface area contributed by atoms with E-state index in [1.807, 2.05) is 0 Å². The van der Waals surface area contributed by atoms with Gasteiger partial charge in [0, 0.05) is 14.0 Å². The average molecular weight is 187 g/mol. The van der Waals surface area contributed by atoms with Gasteiger partial charge in [-0.3, -0.25) is 4.79 Å². The van der Waals surface area contributed by atoms with Crippen molar-refractivity contribution in [2.24, 2.45) is 5.92 Å². The normalized spacial score (nSPS) is 15.5. The summed E-state index contributed by atoms with van der Waals surface area (Å²) < 4.78 is 5.35. The molecule has 78 valence electrons. The highest BCUT2D eigenvalue weighted by Crippen LogP contribution is 2.12. The van der Waals surface area contributed by atoms with Gasteiger partial charge in [-0.1, -0.05) is 20.8 Å². The minimum atomic E-state index is 0.00884. The fourth-order valence-corrected chi connectivity index (χ4v) is 1.58. The van der Waals surface area contributed by atoms with Crippen LogP contribution in [0.3, 0.4) is 0 Å². The van der Waals surface area contributed by atoms with E-state index in [-0.39, 0.29) is 18.1 Å². The van der Waals surface area contributed by atoms with E-state index in [0.717, 1.165) is 6.42 Å². The Balaban J connectivity index is 4.25. The molecule has 0 aliphatic heterocycles. The Morgan fingerprint density at radius 3 is 2.23 bits per heavy atom. The van der Waals surface area contributed by atoms with Gasteiger partial charge in [-0.2, -0.15) is 0 Å². The van der Waals surface area contributed by atoms with Crippen molar-refractivity contribution in [1.82, 2.24) is 5.32 Å². The second kappa shape index (κ2) is 5.97. The summed E-state index contributed by atoms with van der Waals surface area (Å²) in [6.07, 6.45) is 1.00. The Morgan fingerprint density at radius 1 is 1.46 bits per heavy atom. The molecular formula is C10H21NO2. The van der Waals surface area contributed by atoms with Gasteiger partial charge in [0.25, 0.3) is 0 Å². The number of amides is 1. The standard InChI is InChI=1S/C10H21NO2/c1-6-9(11-8(4)12)10(13-5)7(2)3/h7,9-10H,6H2,1-5H3,(H,11,12)/t9-,10-/m1/s1. The number of nitrogens with one attached hydrogen (secondary N) is 1. The molecule has 3 nitrogen and oxygen atoms in total. The minimum Gasteiger partial charge on any atom is -0.379 e. The zero-order chi connectivity index (χ0) is 10.4. The van der Waals surface area contributed by atoms with Crippen LogP contribution in [0.25, 0.3) is 0 Å². The Bertz CT molecular complexity index is 157. The van der Waals surface area contributed by atoms with Gasteiger partial charge in [-0.15, -0.1) is 0 Å². The van der Waals surface area contributed by atoms with Crippen molar-refractivity contribution in [3.05, 3.63) is 0 Å². The summed E-state index contributed by atoms with van der Waals surface area (Å²) in [5.74, 6) is 0.427. The van der Waals surface area contributed by atoms with Gasteiger partial charge in [0.05, 0.1) is 12.1 Å². The number of hydrogen-bond donors (Lipinski definition) is 1. The van der Waals surface area contributed by atoms with Gasteiger partial charge in [0.2, 0.25) is 5.91 Å². The number of hydrogen-bond acceptors (Lipinski definition) is 2.